The summed E-state index contributed by atoms with van der Waals surface area (Å²) in [5.41, 5.74) is 0. The van der Waals surface area contributed by atoms with E-state index in [1.807, 2.05) is 0 Å². The fourth-order valence-corrected chi connectivity index (χ4v) is 6.50. The number of halogens is 2. The van der Waals surface area contributed by atoms with E-state index in [0.29, 0.717) is 13.1 Å². The standard InChI is InChI=1S/C38H78N2O4.2BrH/c1-7-13-15-17-19-21-23-25-27-29-31-39(9-3,10-4)35-37(41)43-33-34-44-38(42)36-40(11-5,12-6)32-30-28-26-24-22-20-18-16-14-8-2;;/h7-36H2,1-6H3;2*1H/q+2;;/p-2. The number of carbonyl (C=O) groups excluding carboxylic acids is 2. The lowest BCUT2D eigenvalue weighted by molar-refractivity contribution is -0.918. The molecule has 0 aliphatic rings. The average Bonchev–Trinajstić information content (AvgIpc) is 3.03. The average molecular weight is 787 g/mol. The predicted molar refractivity (Wildman–Crippen MR) is 188 cm³/mol. The van der Waals surface area contributed by atoms with Crippen LogP contribution in [-0.4, -0.2) is 86.5 Å². The van der Waals surface area contributed by atoms with Gasteiger partial charge in [0, 0.05) is 0 Å². The fourth-order valence-electron chi connectivity index (χ4n) is 6.50. The third kappa shape index (κ3) is 26.7. The quantitative estimate of drug-likeness (QED) is 0.0580. The predicted octanol–water partition coefficient (Wildman–Crippen LogP) is 3.64. The topological polar surface area (TPSA) is 52.6 Å². The van der Waals surface area contributed by atoms with Gasteiger partial charge in [-0.15, -0.1) is 0 Å². The van der Waals surface area contributed by atoms with Gasteiger partial charge < -0.3 is 52.4 Å². The molecule has 0 spiro atoms. The Morgan fingerprint density at radius 1 is 0.391 bits per heavy atom. The van der Waals surface area contributed by atoms with E-state index in [0.717, 1.165) is 61.1 Å². The van der Waals surface area contributed by atoms with E-state index in [9.17, 15) is 9.59 Å². The Balaban J connectivity index is -0.00000924. The Morgan fingerprint density at radius 2 is 0.630 bits per heavy atom. The number of nitrogens with zero attached hydrogens (tertiary/aromatic N) is 2. The first-order chi connectivity index (χ1) is 21.4. The van der Waals surface area contributed by atoms with Gasteiger partial charge >= 0.3 is 11.9 Å². The molecule has 0 fully saturated rings. The lowest BCUT2D eigenvalue weighted by Gasteiger charge is -2.36. The summed E-state index contributed by atoms with van der Waals surface area (Å²) < 4.78 is 12.6. The van der Waals surface area contributed by atoms with Crippen LogP contribution in [0.2, 0.25) is 0 Å². The molecular weight excluding hydrogens is 708 g/mol. The van der Waals surface area contributed by atoms with Crippen LogP contribution in [0.5, 0.6) is 0 Å². The maximum Gasteiger partial charge on any atom is 0.361 e. The number of hydrogen-bond acceptors (Lipinski definition) is 4. The van der Waals surface area contributed by atoms with Gasteiger partial charge in [0.25, 0.3) is 0 Å². The maximum atomic E-state index is 12.7. The lowest BCUT2D eigenvalue weighted by atomic mass is 10.1. The Hall–Kier alpha value is -0.180. The summed E-state index contributed by atoms with van der Waals surface area (Å²) in [4.78, 5) is 25.4. The van der Waals surface area contributed by atoms with Gasteiger partial charge in [0.05, 0.1) is 39.3 Å². The fraction of sp³-hybridized carbons (Fsp3) is 0.947. The molecule has 0 heterocycles. The molecule has 0 unspecified atom stereocenters. The number of unbranched alkanes of at least 4 members (excludes halogenated alkanes) is 18. The van der Waals surface area contributed by atoms with Crippen LogP contribution >= 0.6 is 0 Å². The highest BCUT2D eigenvalue weighted by Crippen LogP contribution is 2.16. The summed E-state index contributed by atoms with van der Waals surface area (Å²) in [5, 5.41) is 0. The molecule has 278 valence electrons. The first-order valence-corrected chi connectivity index (χ1v) is 19.4. The Labute approximate surface area is 308 Å². The zero-order chi connectivity index (χ0) is 32.8. The zero-order valence-electron chi connectivity index (χ0n) is 31.5. The third-order valence-electron chi connectivity index (χ3n) is 10.2. The van der Waals surface area contributed by atoms with Gasteiger partial charge in [-0.25, -0.2) is 9.59 Å². The van der Waals surface area contributed by atoms with Crippen LogP contribution in [0.1, 0.15) is 170 Å². The molecule has 8 heteroatoms. The van der Waals surface area contributed by atoms with Crippen molar-refractivity contribution < 1.29 is 62.0 Å². The van der Waals surface area contributed by atoms with E-state index in [-0.39, 0.29) is 59.1 Å². The molecule has 0 amide bonds. The minimum Gasteiger partial charge on any atom is -1.00 e. The maximum absolute atomic E-state index is 12.7. The van der Waals surface area contributed by atoms with E-state index in [4.69, 9.17) is 9.47 Å². The minimum atomic E-state index is -0.176. The summed E-state index contributed by atoms with van der Waals surface area (Å²) in [5.74, 6) is -0.352. The second-order valence-corrected chi connectivity index (χ2v) is 13.5. The summed E-state index contributed by atoms with van der Waals surface area (Å²) in [6.07, 6.45) is 26.5. The van der Waals surface area contributed by atoms with Gasteiger partial charge in [-0.1, -0.05) is 117 Å². The van der Waals surface area contributed by atoms with Crippen molar-refractivity contribution in [2.75, 3.05) is 65.6 Å². The van der Waals surface area contributed by atoms with Gasteiger partial charge in [0.2, 0.25) is 0 Å². The highest BCUT2D eigenvalue weighted by molar-refractivity contribution is 5.71. The molecule has 0 bridgehead atoms. The van der Waals surface area contributed by atoms with Crippen LogP contribution in [0.25, 0.3) is 0 Å². The van der Waals surface area contributed by atoms with E-state index in [2.05, 4.69) is 41.5 Å². The second-order valence-electron chi connectivity index (χ2n) is 13.5. The summed E-state index contributed by atoms with van der Waals surface area (Å²) in [6.45, 7) is 20.1. The molecule has 0 radical (unpaired) electrons. The molecule has 0 aliphatic carbocycles. The van der Waals surface area contributed by atoms with Crippen molar-refractivity contribution in [2.45, 2.75) is 170 Å². The number of quaternary nitrogens is 2. The first-order valence-electron chi connectivity index (χ1n) is 19.4. The number of rotatable bonds is 33. The second kappa shape index (κ2) is 34.7. The molecule has 0 aliphatic heterocycles. The third-order valence-corrected chi connectivity index (χ3v) is 10.2. The molecule has 0 saturated heterocycles. The Kier molecular flexibility index (Phi) is 37.8. The Morgan fingerprint density at radius 3 is 0.870 bits per heavy atom. The van der Waals surface area contributed by atoms with Gasteiger partial charge in [0.1, 0.15) is 13.2 Å². The van der Waals surface area contributed by atoms with E-state index < -0.39 is 0 Å². The van der Waals surface area contributed by atoms with Crippen molar-refractivity contribution in [3.63, 3.8) is 0 Å². The van der Waals surface area contributed by atoms with E-state index >= 15 is 0 Å². The van der Waals surface area contributed by atoms with Gasteiger partial charge in [0.15, 0.2) is 13.1 Å². The van der Waals surface area contributed by atoms with Crippen molar-refractivity contribution >= 4 is 11.9 Å². The summed E-state index contributed by atoms with van der Waals surface area (Å²) in [6, 6.07) is 0. The highest BCUT2D eigenvalue weighted by atomic mass is 79.9. The largest absolute Gasteiger partial charge is 1.00 e. The molecule has 0 rings (SSSR count). The molecule has 0 aromatic carbocycles. The van der Waals surface area contributed by atoms with Gasteiger partial charge in [-0.05, 0) is 53.4 Å². The lowest BCUT2D eigenvalue weighted by Crippen LogP contribution is -3.00. The molecular formula is C38H78Br2N2O4. The number of carbonyl (C=O) groups is 2. The van der Waals surface area contributed by atoms with E-state index in [1.54, 1.807) is 0 Å². The van der Waals surface area contributed by atoms with Gasteiger partial charge in [-0.2, -0.15) is 0 Å². The van der Waals surface area contributed by atoms with Crippen molar-refractivity contribution in [3.05, 3.63) is 0 Å². The van der Waals surface area contributed by atoms with Crippen molar-refractivity contribution in [1.29, 1.82) is 0 Å². The summed E-state index contributed by atoms with van der Waals surface area (Å²) >= 11 is 0. The molecule has 0 atom stereocenters. The van der Waals surface area contributed by atoms with Crippen LogP contribution < -0.4 is 34.0 Å². The monoisotopic (exact) mass is 784 g/mol. The molecule has 46 heavy (non-hydrogen) atoms. The van der Waals surface area contributed by atoms with E-state index in [1.165, 1.54) is 116 Å². The molecule has 0 saturated carbocycles. The van der Waals surface area contributed by atoms with Crippen LogP contribution in [0.4, 0.5) is 0 Å². The molecule has 0 N–H and O–H groups in total. The molecule has 0 aromatic heterocycles. The van der Waals surface area contributed by atoms with Gasteiger partial charge in [-0.3, -0.25) is 0 Å². The smallest absolute Gasteiger partial charge is 0.361 e. The SMILES string of the molecule is CCCCCCCCCCCC[N+](CC)(CC)CC(=O)OCCOC(=O)C[N+](CC)(CC)CCCCCCCCCCCC.[Br-].[Br-]. The number of ether oxygens (including phenoxy) is 2. The molecule has 6 nitrogen and oxygen atoms in total. The number of hydrogen-bond donors (Lipinski definition) is 0. The number of likely N-dealkylation sites (N-methyl/N-ethyl adjacent to an activating group) is 2. The minimum absolute atomic E-state index is 0. The normalized spacial score (nSPS) is 11.5. The molecule has 0 aromatic rings. The highest BCUT2D eigenvalue weighted by Gasteiger charge is 2.29. The van der Waals surface area contributed by atoms with Crippen molar-refractivity contribution in [3.8, 4) is 0 Å². The van der Waals surface area contributed by atoms with Crippen LogP contribution in [0.15, 0.2) is 0 Å². The van der Waals surface area contributed by atoms with Crippen molar-refractivity contribution in [1.82, 2.24) is 0 Å². The van der Waals surface area contributed by atoms with Crippen LogP contribution in [0.3, 0.4) is 0 Å². The van der Waals surface area contributed by atoms with Crippen molar-refractivity contribution in [2.24, 2.45) is 0 Å². The number of esters is 2. The van der Waals surface area contributed by atoms with Crippen LogP contribution in [-0.2, 0) is 19.1 Å². The summed E-state index contributed by atoms with van der Waals surface area (Å²) in [7, 11) is 0. The van der Waals surface area contributed by atoms with Crippen LogP contribution in [0, 0.1) is 0 Å². The zero-order valence-corrected chi connectivity index (χ0v) is 34.7. The Bertz CT molecular complexity index is 617. The first kappa shape index (κ1) is 50.2.